The Labute approximate surface area is 154 Å². The van der Waals surface area contributed by atoms with Crippen molar-refractivity contribution < 1.29 is 18.3 Å². The van der Waals surface area contributed by atoms with Crippen molar-refractivity contribution in [2.24, 2.45) is 10.1 Å². The Morgan fingerprint density at radius 3 is 2.81 bits per heavy atom. The van der Waals surface area contributed by atoms with Gasteiger partial charge in [0, 0.05) is 5.75 Å². The lowest BCUT2D eigenvalue weighted by atomic mass is 10.2. The van der Waals surface area contributed by atoms with Crippen LogP contribution in [0.1, 0.15) is 17.5 Å². The molecule has 0 amide bonds. The highest BCUT2D eigenvalue weighted by Crippen LogP contribution is 2.36. The van der Waals surface area contributed by atoms with Gasteiger partial charge in [-0.25, -0.2) is 9.29 Å². The summed E-state index contributed by atoms with van der Waals surface area (Å²) in [5, 5.41) is 9.24. The van der Waals surface area contributed by atoms with E-state index >= 15 is 0 Å². The predicted molar refractivity (Wildman–Crippen MR) is 98.0 cm³/mol. The summed E-state index contributed by atoms with van der Waals surface area (Å²) in [7, 11) is -3.98. The molecule has 2 atom stereocenters. The first-order valence-electron chi connectivity index (χ1n) is 7.87. The van der Waals surface area contributed by atoms with Crippen LogP contribution in [-0.4, -0.2) is 46.7 Å². The Morgan fingerprint density at radius 2 is 2.12 bits per heavy atom. The van der Waals surface area contributed by atoms with Crippen molar-refractivity contribution in [3.63, 3.8) is 0 Å². The Bertz CT molecular complexity index is 944. The quantitative estimate of drug-likeness (QED) is 0.770. The number of hydrogen-bond acceptors (Lipinski definition) is 7. The second kappa shape index (κ2) is 6.58. The number of imidazole rings is 1. The number of ether oxygens (including phenoxy) is 1. The Hall–Kier alpha value is -2.08. The molecule has 0 bridgehead atoms. The molecule has 2 aromatic rings. The molecule has 3 N–H and O–H groups in total. The summed E-state index contributed by atoms with van der Waals surface area (Å²) < 4.78 is 37.3. The van der Waals surface area contributed by atoms with Crippen LogP contribution in [0.5, 0.6) is 0 Å². The van der Waals surface area contributed by atoms with Crippen LogP contribution in [0.25, 0.3) is 0 Å². The van der Waals surface area contributed by atoms with E-state index in [1.165, 1.54) is 18.1 Å². The highest BCUT2D eigenvalue weighted by atomic mass is 32.2. The lowest BCUT2D eigenvalue weighted by Crippen LogP contribution is -2.38. The first kappa shape index (κ1) is 17.3. The van der Waals surface area contributed by atoms with Gasteiger partial charge in [-0.05, 0) is 5.56 Å². The van der Waals surface area contributed by atoms with Crippen molar-refractivity contribution in [3.05, 3.63) is 47.9 Å². The molecule has 2 aliphatic heterocycles. The van der Waals surface area contributed by atoms with E-state index in [1.807, 2.05) is 30.3 Å². The van der Waals surface area contributed by atoms with E-state index in [1.54, 1.807) is 4.57 Å². The van der Waals surface area contributed by atoms with Crippen LogP contribution in [-0.2, 0) is 21.5 Å². The fraction of sp³-hybridized carbons (Fsp3) is 0.333. The third-order valence-corrected chi connectivity index (χ3v) is 6.50. The minimum Gasteiger partial charge on any atom is -0.393 e. The number of fused-ring (bicyclic) bond motifs is 1. The molecule has 1 saturated heterocycles. The van der Waals surface area contributed by atoms with Gasteiger partial charge in [0.2, 0.25) is 0 Å². The number of rotatable bonds is 4. The highest BCUT2D eigenvalue weighted by Gasteiger charge is 2.37. The van der Waals surface area contributed by atoms with Crippen LogP contribution in [0.3, 0.4) is 0 Å². The molecule has 1 aromatic heterocycles. The molecule has 0 spiro atoms. The van der Waals surface area contributed by atoms with Crippen LogP contribution < -0.4 is 10.0 Å². The average Bonchev–Trinajstić information content (AvgIpc) is 3.25. The van der Waals surface area contributed by atoms with Crippen molar-refractivity contribution in [2.45, 2.75) is 18.2 Å². The second-order valence-corrected chi connectivity index (χ2v) is 8.52. The molecule has 3 heterocycles. The summed E-state index contributed by atoms with van der Waals surface area (Å²) in [6, 6.07) is 9.19. The normalized spacial score (nSPS) is 24.3. The fourth-order valence-corrected chi connectivity index (χ4v) is 4.94. The summed E-state index contributed by atoms with van der Waals surface area (Å²) in [5.74, 6) is 0.692. The van der Waals surface area contributed by atoms with Crippen molar-refractivity contribution in [2.75, 3.05) is 16.7 Å². The zero-order chi connectivity index (χ0) is 18.3. The summed E-state index contributed by atoms with van der Waals surface area (Å²) in [5.41, 5.74) is 6.81. The van der Waals surface area contributed by atoms with E-state index in [0.29, 0.717) is 11.4 Å². The molecule has 2 aliphatic rings. The number of aromatic nitrogens is 2. The number of benzene rings is 1. The maximum Gasteiger partial charge on any atom is 0.348 e. The predicted octanol–water partition coefficient (Wildman–Crippen LogP) is 0.434. The monoisotopic (exact) mass is 395 g/mol. The zero-order valence-corrected chi connectivity index (χ0v) is 15.2. The van der Waals surface area contributed by atoms with E-state index in [9.17, 15) is 13.5 Å². The lowest BCUT2D eigenvalue weighted by Gasteiger charge is -2.26. The van der Waals surface area contributed by atoms with Crippen LogP contribution in [0.2, 0.25) is 0 Å². The number of anilines is 1. The van der Waals surface area contributed by atoms with Crippen molar-refractivity contribution in [3.8, 4) is 0 Å². The first-order valence-corrected chi connectivity index (χ1v) is 10.3. The van der Waals surface area contributed by atoms with Gasteiger partial charge in [0.15, 0.2) is 11.7 Å². The average molecular weight is 395 g/mol. The van der Waals surface area contributed by atoms with E-state index in [0.717, 1.165) is 9.87 Å². The molecule has 138 valence electrons. The molecule has 0 saturated carbocycles. The molecular weight excluding hydrogens is 378 g/mol. The van der Waals surface area contributed by atoms with E-state index in [4.69, 9.17) is 10.5 Å². The molecule has 0 aliphatic carbocycles. The molecule has 4 rings (SSSR count). The molecule has 11 heteroatoms. The zero-order valence-electron chi connectivity index (χ0n) is 13.6. The molecule has 9 nitrogen and oxygen atoms in total. The Kier molecular flexibility index (Phi) is 4.39. The molecule has 0 radical (unpaired) electrons. The second-order valence-electron chi connectivity index (χ2n) is 5.81. The van der Waals surface area contributed by atoms with Gasteiger partial charge in [-0.1, -0.05) is 30.3 Å². The summed E-state index contributed by atoms with van der Waals surface area (Å²) in [6.07, 6.45) is 1.10. The maximum absolute atomic E-state index is 12.5. The third kappa shape index (κ3) is 2.96. The number of nitrogens with zero attached hydrogens (tertiary/aromatic N) is 4. The maximum atomic E-state index is 12.5. The highest BCUT2D eigenvalue weighted by molar-refractivity contribution is 8.00. The van der Waals surface area contributed by atoms with Gasteiger partial charge in [0.05, 0.1) is 19.5 Å². The Morgan fingerprint density at radius 1 is 1.35 bits per heavy atom. The molecule has 1 fully saturated rings. The number of aliphatic hydroxyl groups is 1. The van der Waals surface area contributed by atoms with E-state index in [2.05, 4.69) is 9.38 Å². The molecule has 26 heavy (non-hydrogen) atoms. The minimum atomic E-state index is -3.98. The fourth-order valence-electron chi connectivity index (χ4n) is 2.92. The number of amidine groups is 1. The first-order chi connectivity index (χ1) is 12.5. The minimum absolute atomic E-state index is 0.101. The van der Waals surface area contributed by atoms with E-state index in [-0.39, 0.29) is 30.2 Å². The van der Waals surface area contributed by atoms with Gasteiger partial charge < -0.3 is 15.6 Å². The van der Waals surface area contributed by atoms with Crippen LogP contribution in [0.15, 0.2) is 41.1 Å². The van der Waals surface area contributed by atoms with Gasteiger partial charge >= 0.3 is 10.2 Å². The van der Waals surface area contributed by atoms with Crippen molar-refractivity contribution in [1.29, 1.82) is 0 Å². The molecule has 0 unspecified atom stereocenters. The van der Waals surface area contributed by atoms with E-state index < -0.39 is 16.4 Å². The molecule has 1 aromatic carbocycles. The summed E-state index contributed by atoms with van der Waals surface area (Å²) >= 11 is 1.47. The van der Waals surface area contributed by atoms with Crippen molar-refractivity contribution >= 4 is 33.6 Å². The van der Waals surface area contributed by atoms with Gasteiger partial charge in [-0.3, -0.25) is 4.57 Å². The number of thioether (sulfide) groups is 1. The lowest BCUT2D eigenvalue weighted by molar-refractivity contribution is -0.00404. The van der Waals surface area contributed by atoms with Gasteiger partial charge in [-0.15, -0.1) is 16.2 Å². The number of nitrogens with two attached hydrogens (primary N) is 1. The molecular formula is C15H17N5O4S2. The van der Waals surface area contributed by atoms with Crippen LogP contribution in [0, 0.1) is 0 Å². The Balaban J connectivity index is 1.73. The largest absolute Gasteiger partial charge is 0.393 e. The summed E-state index contributed by atoms with van der Waals surface area (Å²) in [4.78, 5) is 4.27. The topological polar surface area (TPSA) is 123 Å². The third-order valence-electron chi connectivity index (χ3n) is 4.11. The smallest absolute Gasteiger partial charge is 0.348 e. The van der Waals surface area contributed by atoms with Crippen molar-refractivity contribution in [1.82, 2.24) is 9.55 Å². The number of aliphatic hydroxyl groups excluding tert-OH is 1. The van der Waals surface area contributed by atoms with Gasteiger partial charge in [0.1, 0.15) is 17.4 Å². The number of hydrogen-bond donors (Lipinski definition) is 2. The summed E-state index contributed by atoms with van der Waals surface area (Å²) in [6.45, 7) is -0.000355. The van der Waals surface area contributed by atoms with Gasteiger partial charge in [-0.2, -0.15) is 8.42 Å². The van der Waals surface area contributed by atoms with Crippen LogP contribution >= 0.6 is 11.8 Å². The standard InChI is InChI=1S/C15H17N5O4S2/c16-14-13-15(17-9-19(13)11-8-25-12(7-21)24-11)20(26(22,23)18-14)6-10-4-2-1-3-5-10/h1-5,9,11-12,21H,6-8H2,(H2,16,18)/t11-,12-/m0/s1. The SMILES string of the molecule is NC1=NS(=O)(=O)N(Cc2ccccc2)c2ncn([C@@H]3CS[C@@H](CO)O3)c21. The van der Waals surface area contributed by atoms with Gasteiger partial charge in [0.25, 0.3) is 0 Å². The van der Waals surface area contributed by atoms with Crippen LogP contribution in [0.4, 0.5) is 5.82 Å².